The average molecular weight is 494 g/mol. The molecular formula is C18H35IN6S. The van der Waals surface area contributed by atoms with Gasteiger partial charge in [0.15, 0.2) is 11.8 Å². The van der Waals surface area contributed by atoms with Crippen molar-refractivity contribution in [2.75, 3.05) is 18.6 Å². The fraction of sp³-hybridized carbons (Fsp3) is 0.833. The third kappa shape index (κ3) is 7.62. The van der Waals surface area contributed by atoms with Crippen molar-refractivity contribution in [1.29, 1.82) is 0 Å². The van der Waals surface area contributed by atoms with Crippen molar-refractivity contribution in [3.8, 4) is 0 Å². The Kier molecular flexibility index (Phi) is 10.9. The van der Waals surface area contributed by atoms with Gasteiger partial charge in [0.1, 0.15) is 12.4 Å². The van der Waals surface area contributed by atoms with Crippen LogP contribution >= 0.6 is 35.7 Å². The lowest BCUT2D eigenvalue weighted by Crippen LogP contribution is -2.46. The number of hydrogen-bond donors (Lipinski definition) is 2. The van der Waals surface area contributed by atoms with E-state index in [1.165, 1.54) is 25.0 Å². The highest BCUT2D eigenvalue weighted by Gasteiger charge is 2.24. The topological polar surface area (TPSA) is 67.1 Å². The van der Waals surface area contributed by atoms with Crippen molar-refractivity contribution in [2.24, 2.45) is 23.9 Å². The van der Waals surface area contributed by atoms with Crippen LogP contribution in [0.15, 0.2) is 4.99 Å². The van der Waals surface area contributed by atoms with Gasteiger partial charge in [-0.15, -0.1) is 34.2 Å². The smallest absolute Gasteiger partial charge is 0.191 e. The second-order valence-corrected chi connectivity index (χ2v) is 8.40. The molecule has 2 rings (SSSR count). The van der Waals surface area contributed by atoms with E-state index in [1.54, 1.807) is 0 Å². The summed E-state index contributed by atoms with van der Waals surface area (Å²) < 4.78 is 2.00. The average Bonchev–Trinajstić information content (AvgIpc) is 2.87. The van der Waals surface area contributed by atoms with Crippen LogP contribution in [0.1, 0.15) is 51.2 Å². The number of rotatable bonds is 7. The molecular weight excluding hydrogens is 459 g/mol. The zero-order valence-electron chi connectivity index (χ0n) is 16.8. The number of hydrogen-bond acceptors (Lipinski definition) is 4. The second kappa shape index (κ2) is 12.0. The quantitative estimate of drug-likeness (QED) is 0.264. The molecule has 0 spiro atoms. The molecule has 0 radical (unpaired) electrons. The van der Waals surface area contributed by atoms with E-state index >= 15 is 0 Å². The summed E-state index contributed by atoms with van der Waals surface area (Å²) in [4.78, 5) is 4.77. The molecule has 0 bridgehead atoms. The number of halogens is 1. The van der Waals surface area contributed by atoms with E-state index in [0.29, 0.717) is 12.6 Å². The largest absolute Gasteiger partial charge is 0.356 e. The lowest BCUT2D eigenvalue weighted by Gasteiger charge is -2.33. The van der Waals surface area contributed by atoms with Gasteiger partial charge in [0.2, 0.25) is 0 Å². The molecule has 0 aliphatic heterocycles. The predicted octanol–water partition coefficient (Wildman–Crippen LogP) is 3.35. The van der Waals surface area contributed by atoms with Crippen LogP contribution in [0.4, 0.5) is 0 Å². The summed E-state index contributed by atoms with van der Waals surface area (Å²) in [5, 5.41) is 15.5. The highest BCUT2D eigenvalue weighted by molar-refractivity contribution is 14.0. The van der Waals surface area contributed by atoms with Gasteiger partial charge in [-0.05, 0) is 56.5 Å². The first-order valence-corrected chi connectivity index (χ1v) is 10.8. The Morgan fingerprint density at radius 3 is 2.50 bits per heavy atom. The minimum Gasteiger partial charge on any atom is -0.356 e. The van der Waals surface area contributed by atoms with E-state index in [2.05, 4.69) is 40.9 Å². The minimum atomic E-state index is 0. The summed E-state index contributed by atoms with van der Waals surface area (Å²) in [6.07, 6.45) is 7.07. The van der Waals surface area contributed by atoms with Crippen molar-refractivity contribution in [3.63, 3.8) is 0 Å². The number of aliphatic imine (C=N–C) groups is 1. The maximum absolute atomic E-state index is 4.77. The normalized spacial score (nSPS) is 23.4. The van der Waals surface area contributed by atoms with E-state index in [0.717, 1.165) is 42.4 Å². The van der Waals surface area contributed by atoms with Gasteiger partial charge in [0.05, 0.1) is 0 Å². The van der Waals surface area contributed by atoms with Crippen LogP contribution in [0.2, 0.25) is 0 Å². The molecule has 1 saturated carbocycles. The summed E-state index contributed by atoms with van der Waals surface area (Å²) in [5.74, 6) is 5.45. The molecule has 1 aromatic heterocycles. The monoisotopic (exact) mass is 494 g/mol. The Morgan fingerprint density at radius 1 is 1.23 bits per heavy atom. The molecule has 1 heterocycles. The van der Waals surface area contributed by atoms with Gasteiger partial charge in [0.25, 0.3) is 0 Å². The van der Waals surface area contributed by atoms with Crippen LogP contribution in [0, 0.1) is 18.8 Å². The Labute approximate surface area is 179 Å². The number of nitrogens with zero attached hydrogens (tertiary/aromatic N) is 4. The van der Waals surface area contributed by atoms with Crippen LogP contribution in [0.5, 0.6) is 0 Å². The zero-order chi connectivity index (χ0) is 18.2. The van der Waals surface area contributed by atoms with Gasteiger partial charge >= 0.3 is 0 Å². The van der Waals surface area contributed by atoms with E-state index in [4.69, 9.17) is 4.99 Å². The number of guanidine groups is 1. The predicted molar refractivity (Wildman–Crippen MR) is 122 cm³/mol. The second-order valence-electron chi connectivity index (χ2n) is 7.42. The van der Waals surface area contributed by atoms with E-state index in [1.807, 2.05) is 30.3 Å². The lowest BCUT2D eigenvalue weighted by molar-refractivity contribution is 0.255. The molecule has 1 aliphatic carbocycles. The Balaban J connectivity index is 0.00000338. The molecule has 26 heavy (non-hydrogen) atoms. The van der Waals surface area contributed by atoms with Crippen molar-refractivity contribution >= 4 is 41.7 Å². The number of aromatic nitrogens is 3. The molecule has 0 saturated heterocycles. The Hall–Kier alpha value is -0.510. The van der Waals surface area contributed by atoms with Crippen LogP contribution in [0.3, 0.4) is 0 Å². The summed E-state index contributed by atoms with van der Waals surface area (Å²) in [7, 11) is 1.99. The molecule has 2 unspecified atom stereocenters. The van der Waals surface area contributed by atoms with Gasteiger partial charge in [-0.1, -0.05) is 13.8 Å². The van der Waals surface area contributed by atoms with E-state index < -0.39 is 0 Å². The highest BCUT2D eigenvalue weighted by Crippen LogP contribution is 2.28. The molecule has 8 heteroatoms. The molecule has 0 aromatic carbocycles. The number of nitrogens with one attached hydrogen (secondary N) is 2. The first kappa shape index (κ1) is 23.5. The van der Waals surface area contributed by atoms with Gasteiger partial charge < -0.3 is 15.2 Å². The van der Waals surface area contributed by atoms with Gasteiger partial charge in [-0.25, -0.2) is 4.99 Å². The zero-order valence-corrected chi connectivity index (χ0v) is 19.9. The molecule has 0 amide bonds. The maximum atomic E-state index is 4.77. The Bertz CT molecular complexity index is 552. The van der Waals surface area contributed by atoms with E-state index in [9.17, 15) is 0 Å². The van der Waals surface area contributed by atoms with Crippen molar-refractivity contribution in [3.05, 3.63) is 11.6 Å². The molecule has 1 fully saturated rings. The SMILES string of the molecule is CSCCCNC(=NCc1nnc(C)n1C)NC1CC(C)CC(C)C1.I. The van der Waals surface area contributed by atoms with Crippen molar-refractivity contribution in [1.82, 2.24) is 25.4 Å². The Morgan fingerprint density at radius 2 is 1.92 bits per heavy atom. The van der Waals surface area contributed by atoms with Gasteiger partial charge in [0, 0.05) is 19.6 Å². The summed E-state index contributed by atoms with van der Waals surface area (Å²) in [6, 6.07) is 0.506. The molecule has 2 N–H and O–H groups in total. The highest BCUT2D eigenvalue weighted by atomic mass is 127. The van der Waals surface area contributed by atoms with Crippen molar-refractivity contribution < 1.29 is 0 Å². The fourth-order valence-corrected chi connectivity index (χ4v) is 4.01. The molecule has 150 valence electrons. The molecule has 6 nitrogen and oxygen atoms in total. The van der Waals surface area contributed by atoms with Crippen LogP contribution in [-0.2, 0) is 13.6 Å². The maximum Gasteiger partial charge on any atom is 0.191 e. The van der Waals surface area contributed by atoms with Crippen molar-refractivity contribution in [2.45, 2.75) is 59.0 Å². The summed E-state index contributed by atoms with van der Waals surface area (Å²) in [5.41, 5.74) is 0. The molecule has 1 aliphatic rings. The van der Waals surface area contributed by atoms with Gasteiger partial charge in [-0.3, -0.25) is 0 Å². The number of thioether (sulfide) groups is 1. The van der Waals surface area contributed by atoms with Gasteiger partial charge in [-0.2, -0.15) is 11.8 Å². The van der Waals surface area contributed by atoms with Crippen LogP contribution in [-0.4, -0.2) is 45.3 Å². The molecule has 1 aromatic rings. The summed E-state index contributed by atoms with van der Waals surface area (Å²) >= 11 is 1.88. The number of aryl methyl sites for hydroxylation is 1. The minimum absolute atomic E-state index is 0. The first-order chi connectivity index (χ1) is 12.0. The third-order valence-electron chi connectivity index (χ3n) is 4.90. The first-order valence-electron chi connectivity index (χ1n) is 9.38. The van der Waals surface area contributed by atoms with E-state index in [-0.39, 0.29) is 24.0 Å². The standard InChI is InChI=1S/C18H34N6S.HI/c1-13-9-14(2)11-16(10-13)21-18(19-7-6-8-25-5)20-12-17-23-22-15(3)24(17)4;/h13-14,16H,6-12H2,1-5H3,(H2,19,20,21);1H. The fourth-order valence-electron chi connectivity index (χ4n) is 3.57. The lowest BCUT2D eigenvalue weighted by atomic mass is 9.80. The third-order valence-corrected chi connectivity index (χ3v) is 5.60. The summed E-state index contributed by atoms with van der Waals surface area (Å²) in [6.45, 7) is 8.17. The molecule has 2 atom stereocenters. The van der Waals surface area contributed by atoms with Crippen LogP contribution in [0.25, 0.3) is 0 Å². The van der Waals surface area contributed by atoms with Crippen LogP contribution < -0.4 is 10.6 Å².